The molecule has 0 aliphatic heterocycles. The molecule has 2 heterocycles. The highest BCUT2D eigenvalue weighted by atomic mass is 16.7. The summed E-state index contributed by atoms with van der Waals surface area (Å²) < 4.78 is 3.41. The fraction of sp³-hybridized carbons (Fsp3) is 0.500. The van der Waals surface area contributed by atoms with Gasteiger partial charge in [-0.15, -0.1) is 0 Å². The number of aliphatic hydroxyl groups is 1. The minimum atomic E-state index is -0.668. The van der Waals surface area contributed by atoms with Crippen molar-refractivity contribution in [1.29, 1.82) is 0 Å². The number of rotatable bonds is 3. The van der Waals surface area contributed by atoms with Crippen LogP contribution in [-0.2, 0) is 14.1 Å². The van der Waals surface area contributed by atoms with Crippen LogP contribution in [-0.4, -0.2) is 36.7 Å². The Morgan fingerprint density at radius 3 is 2.67 bits per heavy atom. The SMILES string of the molecule is CC(O)COn1cnc2c1c(=O)n(C)c(=O)n2C. The summed E-state index contributed by atoms with van der Waals surface area (Å²) >= 11 is 0. The third kappa shape index (κ3) is 1.80. The fourth-order valence-corrected chi connectivity index (χ4v) is 1.61. The zero-order valence-electron chi connectivity index (χ0n) is 10.3. The normalized spacial score (nSPS) is 12.9. The molecule has 0 bridgehead atoms. The summed E-state index contributed by atoms with van der Waals surface area (Å²) in [4.78, 5) is 32.8. The molecule has 1 atom stereocenters. The predicted octanol–water partition coefficient (Wildman–Crippen LogP) is -1.76. The van der Waals surface area contributed by atoms with Crippen molar-refractivity contribution in [2.75, 3.05) is 6.61 Å². The standard InChI is InChI=1S/C10H14N4O4/c1-6(15)4-18-14-5-11-8-7(14)9(16)13(3)10(17)12(8)2/h5-6,15H,4H2,1-3H3. The molecule has 0 aliphatic carbocycles. The molecule has 8 nitrogen and oxygen atoms in total. The van der Waals surface area contributed by atoms with Crippen molar-refractivity contribution in [2.24, 2.45) is 14.1 Å². The summed E-state index contributed by atoms with van der Waals surface area (Å²) in [5.41, 5.74) is -0.529. The number of hydrogen-bond acceptors (Lipinski definition) is 5. The topological polar surface area (TPSA) is 91.3 Å². The highest BCUT2D eigenvalue weighted by molar-refractivity contribution is 5.69. The van der Waals surface area contributed by atoms with Gasteiger partial charge in [-0.1, -0.05) is 0 Å². The zero-order valence-corrected chi connectivity index (χ0v) is 10.3. The molecule has 0 spiro atoms. The molecule has 2 rings (SSSR count). The van der Waals surface area contributed by atoms with E-state index in [-0.39, 0.29) is 17.8 Å². The molecule has 2 aromatic heterocycles. The van der Waals surface area contributed by atoms with Gasteiger partial charge in [-0.2, -0.15) is 4.73 Å². The van der Waals surface area contributed by atoms with Gasteiger partial charge in [0.15, 0.2) is 11.2 Å². The molecular formula is C10H14N4O4. The second-order valence-electron chi connectivity index (χ2n) is 4.09. The van der Waals surface area contributed by atoms with E-state index in [9.17, 15) is 9.59 Å². The average Bonchev–Trinajstić information content (AvgIpc) is 2.75. The van der Waals surface area contributed by atoms with Crippen molar-refractivity contribution >= 4 is 11.2 Å². The lowest BCUT2D eigenvalue weighted by Crippen LogP contribution is -2.38. The molecule has 0 saturated carbocycles. The van der Waals surface area contributed by atoms with Crippen LogP contribution in [0, 0.1) is 0 Å². The van der Waals surface area contributed by atoms with Gasteiger partial charge in [-0.25, -0.2) is 9.78 Å². The Hall–Kier alpha value is -2.09. The van der Waals surface area contributed by atoms with E-state index in [1.807, 2.05) is 0 Å². The van der Waals surface area contributed by atoms with Crippen molar-refractivity contribution < 1.29 is 9.94 Å². The predicted molar refractivity (Wildman–Crippen MR) is 63.3 cm³/mol. The molecule has 0 amide bonds. The smallest absolute Gasteiger partial charge is 0.332 e. The highest BCUT2D eigenvalue weighted by Gasteiger charge is 2.15. The third-order valence-corrected chi connectivity index (χ3v) is 2.57. The highest BCUT2D eigenvalue weighted by Crippen LogP contribution is 2.03. The minimum absolute atomic E-state index is 0.0253. The molecule has 0 aliphatic rings. The lowest BCUT2D eigenvalue weighted by molar-refractivity contribution is 0.0396. The number of nitrogens with zero attached hydrogens (tertiary/aromatic N) is 4. The Morgan fingerprint density at radius 1 is 1.39 bits per heavy atom. The second kappa shape index (κ2) is 4.30. The zero-order chi connectivity index (χ0) is 13.4. The lowest BCUT2D eigenvalue weighted by atomic mass is 10.5. The van der Waals surface area contributed by atoms with Crippen LogP contribution >= 0.6 is 0 Å². The molecule has 0 fully saturated rings. The lowest BCUT2D eigenvalue weighted by Gasteiger charge is -2.09. The maximum Gasteiger partial charge on any atom is 0.332 e. The average molecular weight is 254 g/mol. The van der Waals surface area contributed by atoms with Crippen LogP contribution in [0.2, 0.25) is 0 Å². The van der Waals surface area contributed by atoms with Crippen LogP contribution in [0.25, 0.3) is 11.2 Å². The van der Waals surface area contributed by atoms with Gasteiger partial charge < -0.3 is 9.94 Å². The van der Waals surface area contributed by atoms with Crippen molar-refractivity contribution in [3.63, 3.8) is 0 Å². The van der Waals surface area contributed by atoms with E-state index in [4.69, 9.17) is 9.94 Å². The molecular weight excluding hydrogens is 240 g/mol. The monoisotopic (exact) mass is 254 g/mol. The number of aromatic nitrogens is 4. The van der Waals surface area contributed by atoms with E-state index in [1.165, 1.54) is 29.7 Å². The van der Waals surface area contributed by atoms with Crippen LogP contribution in [0.5, 0.6) is 0 Å². The van der Waals surface area contributed by atoms with E-state index in [0.717, 1.165) is 4.57 Å². The van der Waals surface area contributed by atoms with Crippen LogP contribution < -0.4 is 16.1 Å². The van der Waals surface area contributed by atoms with Crippen LogP contribution in [0.3, 0.4) is 0 Å². The molecule has 0 aromatic carbocycles. The third-order valence-electron chi connectivity index (χ3n) is 2.57. The van der Waals surface area contributed by atoms with Crippen molar-refractivity contribution in [1.82, 2.24) is 18.8 Å². The molecule has 2 aromatic rings. The molecule has 0 saturated heterocycles. The Bertz CT molecular complexity index is 694. The van der Waals surface area contributed by atoms with Crippen LogP contribution in [0.4, 0.5) is 0 Å². The first-order chi connectivity index (χ1) is 8.43. The summed E-state index contributed by atoms with van der Waals surface area (Å²) in [7, 11) is 2.91. The summed E-state index contributed by atoms with van der Waals surface area (Å²) in [6, 6.07) is 0. The van der Waals surface area contributed by atoms with Gasteiger partial charge in [0.25, 0.3) is 5.56 Å². The first-order valence-corrected chi connectivity index (χ1v) is 5.38. The summed E-state index contributed by atoms with van der Waals surface area (Å²) in [5, 5.41) is 9.15. The number of imidazole rings is 1. The van der Waals surface area contributed by atoms with Gasteiger partial charge in [0.1, 0.15) is 12.9 Å². The quantitative estimate of drug-likeness (QED) is 0.701. The van der Waals surface area contributed by atoms with Crippen molar-refractivity contribution in [3.8, 4) is 0 Å². The molecule has 98 valence electrons. The Morgan fingerprint density at radius 2 is 2.06 bits per heavy atom. The number of aryl methyl sites for hydroxylation is 1. The Kier molecular flexibility index (Phi) is 2.95. The van der Waals surface area contributed by atoms with E-state index in [2.05, 4.69) is 4.98 Å². The van der Waals surface area contributed by atoms with E-state index >= 15 is 0 Å². The molecule has 18 heavy (non-hydrogen) atoms. The minimum Gasteiger partial charge on any atom is -0.409 e. The Balaban J connectivity index is 2.66. The van der Waals surface area contributed by atoms with Gasteiger partial charge in [-0.05, 0) is 6.92 Å². The summed E-state index contributed by atoms with van der Waals surface area (Å²) in [6.07, 6.45) is 0.632. The maximum absolute atomic E-state index is 12.0. The molecule has 1 unspecified atom stereocenters. The van der Waals surface area contributed by atoms with Crippen LogP contribution in [0.15, 0.2) is 15.9 Å². The first-order valence-electron chi connectivity index (χ1n) is 5.38. The van der Waals surface area contributed by atoms with E-state index < -0.39 is 17.4 Å². The largest absolute Gasteiger partial charge is 0.409 e. The van der Waals surface area contributed by atoms with Crippen molar-refractivity contribution in [3.05, 3.63) is 27.2 Å². The van der Waals surface area contributed by atoms with Crippen LogP contribution in [0.1, 0.15) is 6.92 Å². The molecule has 1 N–H and O–H groups in total. The van der Waals surface area contributed by atoms with Gasteiger partial charge in [0, 0.05) is 14.1 Å². The van der Waals surface area contributed by atoms with Gasteiger partial charge in [0.2, 0.25) is 0 Å². The Labute approximate surface area is 102 Å². The van der Waals surface area contributed by atoms with Crippen molar-refractivity contribution in [2.45, 2.75) is 13.0 Å². The number of aliphatic hydroxyl groups excluding tert-OH is 1. The number of fused-ring (bicyclic) bond motifs is 1. The second-order valence-corrected chi connectivity index (χ2v) is 4.09. The molecule has 0 radical (unpaired) electrons. The summed E-state index contributed by atoms with van der Waals surface area (Å²) in [6.45, 7) is 1.59. The van der Waals surface area contributed by atoms with E-state index in [1.54, 1.807) is 6.92 Å². The van der Waals surface area contributed by atoms with E-state index in [0.29, 0.717) is 0 Å². The van der Waals surface area contributed by atoms with Gasteiger partial charge in [-0.3, -0.25) is 13.9 Å². The maximum atomic E-state index is 12.0. The van der Waals surface area contributed by atoms with Gasteiger partial charge >= 0.3 is 5.69 Å². The first kappa shape index (κ1) is 12.4. The molecule has 8 heteroatoms. The summed E-state index contributed by atoms with van der Waals surface area (Å²) in [5.74, 6) is 0. The van der Waals surface area contributed by atoms with Gasteiger partial charge in [0.05, 0.1) is 6.10 Å². The number of hydrogen-bond donors (Lipinski definition) is 1. The fourth-order valence-electron chi connectivity index (χ4n) is 1.61.